The van der Waals surface area contributed by atoms with Gasteiger partial charge < -0.3 is 15.2 Å². The van der Waals surface area contributed by atoms with Gasteiger partial charge in [0, 0.05) is 6.92 Å². The van der Waals surface area contributed by atoms with E-state index >= 15 is 0 Å². The van der Waals surface area contributed by atoms with Crippen LogP contribution in [0.4, 0.5) is 0 Å². The number of carbonyl (C=O) groups is 1. The molecule has 0 saturated carbocycles. The maximum Gasteiger partial charge on any atom is 0.217 e. The van der Waals surface area contributed by atoms with E-state index in [0.717, 1.165) is 11.3 Å². The van der Waals surface area contributed by atoms with Crippen LogP contribution in [0.25, 0.3) is 0 Å². The Labute approximate surface area is 95.2 Å². The fraction of sp³-hybridized carbons (Fsp3) is 0.417. The second-order valence-electron chi connectivity index (χ2n) is 3.63. The van der Waals surface area contributed by atoms with Crippen molar-refractivity contribution in [3.8, 4) is 5.75 Å². The lowest BCUT2D eigenvalue weighted by atomic mass is 10.1. The predicted octanol–water partition coefficient (Wildman–Crippen LogP) is 0.735. The van der Waals surface area contributed by atoms with Gasteiger partial charge in [0.1, 0.15) is 5.75 Å². The van der Waals surface area contributed by atoms with Crippen molar-refractivity contribution in [1.82, 2.24) is 5.32 Å². The van der Waals surface area contributed by atoms with Crippen molar-refractivity contribution < 1.29 is 14.6 Å². The highest BCUT2D eigenvalue weighted by Gasteiger charge is 2.09. The molecule has 0 aliphatic carbocycles. The molecule has 1 rings (SSSR count). The average Bonchev–Trinajstić information content (AvgIpc) is 2.28. The molecule has 16 heavy (non-hydrogen) atoms. The molecule has 0 spiro atoms. The lowest BCUT2D eigenvalue weighted by molar-refractivity contribution is -0.119. The van der Waals surface area contributed by atoms with Gasteiger partial charge in [0.05, 0.1) is 19.8 Å². The van der Waals surface area contributed by atoms with Gasteiger partial charge in [-0.2, -0.15) is 0 Å². The summed E-state index contributed by atoms with van der Waals surface area (Å²) in [5.74, 6) is 0.663. The number of hydrogen-bond donors (Lipinski definition) is 2. The monoisotopic (exact) mass is 223 g/mol. The zero-order valence-electron chi connectivity index (χ0n) is 9.56. The first-order chi connectivity index (χ1) is 7.65. The van der Waals surface area contributed by atoms with Gasteiger partial charge in [0.15, 0.2) is 0 Å². The highest BCUT2D eigenvalue weighted by Crippen LogP contribution is 2.12. The summed E-state index contributed by atoms with van der Waals surface area (Å²) in [6, 6.07) is 7.33. The van der Waals surface area contributed by atoms with Crippen LogP contribution in [0.3, 0.4) is 0 Å². The predicted molar refractivity (Wildman–Crippen MR) is 61.4 cm³/mol. The third-order valence-electron chi connectivity index (χ3n) is 2.27. The van der Waals surface area contributed by atoms with E-state index in [9.17, 15) is 4.79 Å². The highest BCUT2D eigenvalue weighted by atomic mass is 16.5. The second kappa shape index (κ2) is 6.12. The number of benzene rings is 1. The van der Waals surface area contributed by atoms with Gasteiger partial charge in [-0.05, 0) is 24.1 Å². The van der Waals surface area contributed by atoms with E-state index in [4.69, 9.17) is 9.84 Å². The molecule has 0 aliphatic heterocycles. The smallest absolute Gasteiger partial charge is 0.217 e. The fourth-order valence-corrected chi connectivity index (χ4v) is 1.49. The molecular formula is C12H17NO3. The van der Waals surface area contributed by atoms with Gasteiger partial charge in [-0.25, -0.2) is 0 Å². The average molecular weight is 223 g/mol. The number of aliphatic hydroxyl groups excluding tert-OH is 1. The van der Waals surface area contributed by atoms with Gasteiger partial charge in [-0.1, -0.05) is 12.1 Å². The lowest BCUT2D eigenvalue weighted by Crippen LogP contribution is -2.37. The Bertz CT molecular complexity index is 335. The Kier molecular flexibility index (Phi) is 4.79. The third-order valence-corrected chi connectivity index (χ3v) is 2.27. The summed E-state index contributed by atoms with van der Waals surface area (Å²) < 4.78 is 5.05. The standard InChI is InChI=1S/C12H17NO3/c1-9(15)13-11(8-14)7-10-3-5-12(16-2)6-4-10/h3-6,11,14H,7-8H2,1-2H3,(H,13,15)/t11-/m1/s1. The Balaban J connectivity index is 2.59. The van der Waals surface area contributed by atoms with E-state index in [1.165, 1.54) is 6.92 Å². The molecule has 1 aromatic carbocycles. The fourth-order valence-electron chi connectivity index (χ4n) is 1.49. The number of nitrogens with one attached hydrogen (secondary N) is 1. The van der Waals surface area contributed by atoms with Crippen LogP contribution in [0.1, 0.15) is 12.5 Å². The molecule has 0 unspecified atom stereocenters. The van der Waals surface area contributed by atoms with Crippen molar-refractivity contribution in [1.29, 1.82) is 0 Å². The summed E-state index contributed by atoms with van der Waals surface area (Å²) >= 11 is 0. The first-order valence-electron chi connectivity index (χ1n) is 5.16. The van der Waals surface area contributed by atoms with Crippen molar-refractivity contribution in [2.45, 2.75) is 19.4 Å². The van der Waals surface area contributed by atoms with Crippen LogP contribution < -0.4 is 10.1 Å². The summed E-state index contributed by atoms with van der Waals surface area (Å²) in [4.78, 5) is 10.9. The molecule has 0 radical (unpaired) electrons. The molecule has 1 atom stereocenters. The third kappa shape index (κ3) is 3.90. The number of methoxy groups -OCH3 is 1. The Morgan fingerprint density at radius 1 is 1.44 bits per heavy atom. The number of carbonyl (C=O) groups excluding carboxylic acids is 1. The molecule has 4 nitrogen and oxygen atoms in total. The molecule has 0 fully saturated rings. The van der Waals surface area contributed by atoms with Gasteiger partial charge in [-0.3, -0.25) is 4.79 Å². The van der Waals surface area contributed by atoms with Crippen molar-refractivity contribution in [3.63, 3.8) is 0 Å². The summed E-state index contributed by atoms with van der Waals surface area (Å²) in [5.41, 5.74) is 1.05. The largest absolute Gasteiger partial charge is 0.497 e. The maximum absolute atomic E-state index is 10.9. The molecule has 0 bridgehead atoms. The van der Waals surface area contributed by atoms with Crippen LogP contribution in [0.15, 0.2) is 24.3 Å². The van der Waals surface area contributed by atoms with Gasteiger partial charge >= 0.3 is 0 Å². The maximum atomic E-state index is 10.9. The van der Waals surface area contributed by atoms with E-state index in [-0.39, 0.29) is 18.6 Å². The molecule has 0 aromatic heterocycles. The van der Waals surface area contributed by atoms with Crippen LogP contribution in [-0.4, -0.2) is 30.8 Å². The second-order valence-corrected chi connectivity index (χ2v) is 3.63. The zero-order chi connectivity index (χ0) is 12.0. The van der Waals surface area contributed by atoms with Crippen LogP contribution in [-0.2, 0) is 11.2 Å². The van der Waals surface area contributed by atoms with Crippen molar-refractivity contribution in [3.05, 3.63) is 29.8 Å². The summed E-state index contributed by atoms with van der Waals surface area (Å²) in [5, 5.41) is 11.8. The van der Waals surface area contributed by atoms with E-state index in [0.29, 0.717) is 6.42 Å². The minimum atomic E-state index is -0.231. The quantitative estimate of drug-likeness (QED) is 0.774. The molecule has 2 N–H and O–H groups in total. The molecule has 4 heteroatoms. The van der Waals surface area contributed by atoms with E-state index in [1.54, 1.807) is 7.11 Å². The Morgan fingerprint density at radius 3 is 2.50 bits per heavy atom. The molecule has 88 valence electrons. The first kappa shape index (κ1) is 12.5. The van der Waals surface area contributed by atoms with E-state index in [1.807, 2.05) is 24.3 Å². The number of amides is 1. The number of hydrogen-bond acceptors (Lipinski definition) is 3. The van der Waals surface area contributed by atoms with Gasteiger partial charge in [-0.15, -0.1) is 0 Å². The van der Waals surface area contributed by atoms with Gasteiger partial charge in [0.25, 0.3) is 0 Å². The number of aliphatic hydroxyl groups is 1. The van der Waals surface area contributed by atoms with Crippen molar-refractivity contribution in [2.75, 3.05) is 13.7 Å². The summed E-state index contributed by atoms with van der Waals surface area (Å²) in [6.45, 7) is 1.38. The van der Waals surface area contributed by atoms with Crippen LogP contribution >= 0.6 is 0 Å². The molecular weight excluding hydrogens is 206 g/mol. The molecule has 1 aromatic rings. The Morgan fingerprint density at radius 2 is 2.06 bits per heavy atom. The minimum absolute atomic E-state index is 0.0639. The molecule has 0 aliphatic rings. The van der Waals surface area contributed by atoms with Crippen molar-refractivity contribution >= 4 is 5.91 Å². The molecule has 1 amide bonds. The normalized spacial score (nSPS) is 11.9. The van der Waals surface area contributed by atoms with Crippen LogP contribution in [0, 0.1) is 0 Å². The number of rotatable bonds is 5. The highest BCUT2D eigenvalue weighted by molar-refractivity contribution is 5.73. The van der Waals surface area contributed by atoms with E-state index < -0.39 is 0 Å². The number of ether oxygens (including phenoxy) is 1. The first-order valence-corrected chi connectivity index (χ1v) is 5.16. The SMILES string of the molecule is COc1ccc(C[C@H](CO)NC(C)=O)cc1. The lowest BCUT2D eigenvalue weighted by Gasteiger charge is -2.15. The minimum Gasteiger partial charge on any atom is -0.497 e. The zero-order valence-corrected chi connectivity index (χ0v) is 9.56. The Hall–Kier alpha value is -1.55. The van der Waals surface area contributed by atoms with Crippen LogP contribution in [0.5, 0.6) is 5.75 Å². The summed E-state index contributed by atoms with van der Waals surface area (Å²) in [6.07, 6.45) is 0.611. The van der Waals surface area contributed by atoms with Crippen molar-refractivity contribution in [2.24, 2.45) is 0 Å². The molecule has 0 heterocycles. The van der Waals surface area contributed by atoms with E-state index in [2.05, 4.69) is 5.32 Å². The van der Waals surface area contributed by atoms with Crippen LogP contribution in [0.2, 0.25) is 0 Å². The summed E-state index contributed by atoms with van der Waals surface area (Å²) in [7, 11) is 1.61. The van der Waals surface area contributed by atoms with Gasteiger partial charge in [0.2, 0.25) is 5.91 Å². The molecule has 0 saturated heterocycles. The topological polar surface area (TPSA) is 58.6 Å².